The number of benzene rings is 2. The van der Waals surface area contributed by atoms with Crippen LogP contribution in [0.5, 0.6) is 0 Å². The summed E-state index contributed by atoms with van der Waals surface area (Å²) in [4.78, 5) is 22.7. The highest BCUT2D eigenvalue weighted by atomic mass is 32.1. The highest BCUT2D eigenvalue weighted by molar-refractivity contribution is 7.16. The molecule has 2 heterocycles. The van der Waals surface area contributed by atoms with Crippen molar-refractivity contribution in [3.8, 4) is 10.7 Å². The summed E-state index contributed by atoms with van der Waals surface area (Å²) in [6.45, 7) is 4.10. The van der Waals surface area contributed by atoms with E-state index in [0.717, 1.165) is 50.1 Å². The molecule has 0 radical (unpaired) electrons. The second kappa shape index (κ2) is 10.2. The Bertz CT molecular complexity index is 1280. The number of aromatic nitrogens is 2. The van der Waals surface area contributed by atoms with E-state index in [-0.39, 0.29) is 6.42 Å². The zero-order chi connectivity index (χ0) is 23.2. The molecule has 0 aliphatic carbocycles. The molecule has 0 fully saturated rings. The molecule has 4 rings (SSSR count). The fourth-order valence-corrected chi connectivity index (χ4v) is 4.40. The molecule has 0 aliphatic rings. The molecule has 2 N–H and O–H groups in total. The molecule has 0 atom stereocenters. The van der Waals surface area contributed by atoms with E-state index in [2.05, 4.69) is 48.7 Å². The maximum absolute atomic E-state index is 10.9. The predicted molar refractivity (Wildman–Crippen MR) is 136 cm³/mol. The minimum Gasteiger partial charge on any atom is -0.481 e. The molecule has 33 heavy (non-hydrogen) atoms. The van der Waals surface area contributed by atoms with Crippen molar-refractivity contribution in [3.05, 3.63) is 94.0 Å². The van der Waals surface area contributed by atoms with Crippen LogP contribution >= 0.6 is 11.3 Å². The highest BCUT2D eigenvalue weighted by Crippen LogP contribution is 2.30. The lowest BCUT2D eigenvalue weighted by Gasteiger charge is -2.14. The van der Waals surface area contributed by atoms with Gasteiger partial charge in [0.25, 0.3) is 0 Å². The van der Waals surface area contributed by atoms with E-state index in [1.165, 1.54) is 0 Å². The third kappa shape index (κ3) is 5.73. The van der Waals surface area contributed by atoms with E-state index >= 15 is 0 Å². The lowest BCUT2D eigenvalue weighted by atomic mass is 10.1. The summed E-state index contributed by atoms with van der Waals surface area (Å²) in [5, 5.41) is 12.4. The summed E-state index contributed by atoms with van der Waals surface area (Å²) in [5.74, 6) is 0.633. The number of aryl methyl sites for hydroxylation is 1. The Morgan fingerprint density at radius 1 is 1.00 bits per heavy atom. The van der Waals surface area contributed by atoms with Gasteiger partial charge in [0.1, 0.15) is 5.82 Å². The molecule has 5 nitrogen and oxygen atoms in total. The van der Waals surface area contributed by atoms with Crippen molar-refractivity contribution in [2.75, 3.05) is 5.32 Å². The summed E-state index contributed by atoms with van der Waals surface area (Å²) in [5.41, 5.74) is 4.79. The first kappa shape index (κ1) is 22.4. The number of aliphatic carboxylic acids is 1. The van der Waals surface area contributed by atoms with E-state index in [9.17, 15) is 4.79 Å². The first-order chi connectivity index (χ1) is 16.0. The Balaban J connectivity index is 1.58. The number of carboxylic acid groups (broad SMARTS) is 1. The molecule has 6 heteroatoms. The molecule has 0 unspecified atom stereocenters. The molecular weight excluding hydrogens is 430 g/mol. The zero-order valence-electron chi connectivity index (χ0n) is 18.6. The van der Waals surface area contributed by atoms with Gasteiger partial charge in [0.15, 0.2) is 5.82 Å². The van der Waals surface area contributed by atoms with Gasteiger partial charge in [-0.1, -0.05) is 55.5 Å². The molecule has 0 spiro atoms. The van der Waals surface area contributed by atoms with Crippen molar-refractivity contribution in [2.45, 2.75) is 26.7 Å². The number of carbonyl (C=O) groups is 1. The summed E-state index contributed by atoms with van der Waals surface area (Å²) >= 11 is 1.65. The van der Waals surface area contributed by atoms with Crippen LogP contribution in [0.2, 0.25) is 0 Å². The number of anilines is 2. The summed E-state index contributed by atoms with van der Waals surface area (Å²) in [7, 11) is 0. The smallest absolute Gasteiger partial charge is 0.307 e. The maximum Gasteiger partial charge on any atom is 0.307 e. The minimum absolute atomic E-state index is 0.0106. The van der Waals surface area contributed by atoms with Crippen LogP contribution in [-0.2, 0) is 17.6 Å². The van der Waals surface area contributed by atoms with Crippen molar-refractivity contribution in [1.82, 2.24) is 9.97 Å². The van der Waals surface area contributed by atoms with Crippen molar-refractivity contribution in [3.63, 3.8) is 0 Å². The van der Waals surface area contributed by atoms with Crippen molar-refractivity contribution in [2.24, 2.45) is 0 Å². The van der Waals surface area contributed by atoms with E-state index < -0.39 is 5.97 Å². The lowest BCUT2D eigenvalue weighted by Crippen LogP contribution is -2.05. The fourth-order valence-electron chi connectivity index (χ4n) is 3.56. The van der Waals surface area contributed by atoms with Gasteiger partial charge in [-0.25, -0.2) is 9.97 Å². The molecule has 0 bridgehead atoms. The lowest BCUT2D eigenvalue weighted by molar-refractivity contribution is -0.136. The van der Waals surface area contributed by atoms with Crippen LogP contribution < -0.4 is 5.32 Å². The number of thiophene rings is 1. The molecule has 0 aliphatic heterocycles. The molecule has 2 aromatic carbocycles. The van der Waals surface area contributed by atoms with Gasteiger partial charge >= 0.3 is 5.97 Å². The van der Waals surface area contributed by atoms with Gasteiger partial charge in [-0.2, -0.15) is 0 Å². The second-order valence-corrected chi connectivity index (χ2v) is 8.77. The third-order valence-corrected chi connectivity index (χ3v) is 6.27. The van der Waals surface area contributed by atoms with Crippen LogP contribution in [0.4, 0.5) is 11.5 Å². The molecule has 0 saturated carbocycles. The van der Waals surface area contributed by atoms with Crippen LogP contribution in [0, 0.1) is 6.92 Å². The Morgan fingerprint density at radius 3 is 2.45 bits per heavy atom. The molecule has 0 amide bonds. The Kier molecular flexibility index (Phi) is 6.95. The average Bonchev–Trinajstić information content (AvgIpc) is 3.28. The molecule has 166 valence electrons. The van der Waals surface area contributed by atoms with Gasteiger partial charge in [0.05, 0.1) is 11.3 Å². The number of nitrogens with one attached hydrogen (secondary N) is 1. The monoisotopic (exact) mass is 455 g/mol. The van der Waals surface area contributed by atoms with Crippen molar-refractivity contribution in [1.29, 1.82) is 0 Å². The Morgan fingerprint density at radius 2 is 1.76 bits per heavy atom. The fraction of sp³-hybridized carbons (Fsp3) is 0.148. The third-order valence-electron chi connectivity index (χ3n) is 5.23. The van der Waals surface area contributed by atoms with E-state index in [0.29, 0.717) is 5.82 Å². The van der Waals surface area contributed by atoms with Crippen molar-refractivity contribution < 1.29 is 9.90 Å². The van der Waals surface area contributed by atoms with Gasteiger partial charge in [-0.15, -0.1) is 11.3 Å². The quantitative estimate of drug-likeness (QED) is 0.312. The number of rotatable bonds is 8. The predicted octanol–water partition coefficient (Wildman–Crippen LogP) is 6.62. The maximum atomic E-state index is 10.9. The SMILES string of the molecule is CCc1c(C)nc(-c2ccc(/C=C/c3ccccc3)s2)nc1Nc1ccc(CC(=O)O)cc1. The molecule has 2 aromatic heterocycles. The molecule has 4 aromatic rings. The first-order valence-electron chi connectivity index (χ1n) is 10.8. The van der Waals surface area contributed by atoms with E-state index in [1.807, 2.05) is 49.4 Å². The van der Waals surface area contributed by atoms with Gasteiger partial charge in [-0.05, 0) is 54.8 Å². The van der Waals surface area contributed by atoms with E-state index in [4.69, 9.17) is 15.1 Å². The molecular formula is C27H25N3O2S. The zero-order valence-corrected chi connectivity index (χ0v) is 19.4. The van der Waals surface area contributed by atoms with Crippen LogP contribution in [0.25, 0.3) is 22.9 Å². The summed E-state index contributed by atoms with van der Waals surface area (Å²) in [6, 6.07) is 21.8. The Hall–Kier alpha value is -3.77. The standard InChI is InChI=1S/C27H25N3O2S/c1-3-23-18(2)28-27(24-16-15-22(33-24)14-11-19-7-5-4-6-8-19)30-26(23)29-21-12-9-20(10-13-21)17-25(31)32/h4-16H,3,17H2,1-2H3,(H,31,32)(H,28,29,30)/b14-11+. The van der Waals surface area contributed by atoms with Crippen LogP contribution in [0.3, 0.4) is 0 Å². The Labute approximate surface area is 197 Å². The largest absolute Gasteiger partial charge is 0.481 e. The van der Waals surface area contributed by atoms with Crippen LogP contribution in [-0.4, -0.2) is 21.0 Å². The van der Waals surface area contributed by atoms with Crippen LogP contribution in [0.15, 0.2) is 66.7 Å². The van der Waals surface area contributed by atoms with Crippen LogP contribution in [0.1, 0.15) is 34.2 Å². The second-order valence-electron chi connectivity index (χ2n) is 7.65. The summed E-state index contributed by atoms with van der Waals surface area (Å²) < 4.78 is 0. The number of hydrogen-bond acceptors (Lipinski definition) is 5. The summed E-state index contributed by atoms with van der Waals surface area (Å²) in [6.07, 6.45) is 5.02. The topological polar surface area (TPSA) is 75.1 Å². The van der Waals surface area contributed by atoms with Crippen molar-refractivity contribution >= 4 is 41.0 Å². The highest BCUT2D eigenvalue weighted by Gasteiger charge is 2.13. The average molecular weight is 456 g/mol. The van der Waals surface area contributed by atoms with Gasteiger partial charge in [-0.3, -0.25) is 4.79 Å². The number of nitrogens with zero attached hydrogens (tertiary/aromatic N) is 2. The minimum atomic E-state index is -0.839. The number of hydrogen-bond donors (Lipinski definition) is 2. The number of carboxylic acids is 1. The van der Waals surface area contributed by atoms with Gasteiger partial charge in [0, 0.05) is 21.8 Å². The first-order valence-corrected chi connectivity index (χ1v) is 11.6. The normalized spacial score (nSPS) is 11.1. The van der Waals surface area contributed by atoms with E-state index in [1.54, 1.807) is 11.3 Å². The van der Waals surface area contributed by atoms with Gasteiger partial charge < -0.3 is 10.4 Å². The van der Waals surface area contributed by atoms with Gasteiger partial charge in [0.2, 0.25) is 0 Å². The molecule has 0 saturated heterocycles.